The molecule has 2 aliphatic carbocycles. The van der Waals surface area contributed by atoms with E-state index in [4.69, 9.17) is 4.74 Å². The molecule has 0 bridgehead atoms. The van der Waals surface area contributed by atoms with Crippen LogP contribution in [0.3, 0.4) is 0 Å². The molecule has 0 heterocycles. The van der Waals surface area contributed by atoms with E-state index in [-0.39, 0.29) is 18.8 Å². The fraction of sp³-hybridized carbons (Fsp3) is 0.481. The molecule has 2 aromatic rings. The van der Waals surface area contributed by atoms with E-state index < -0.39 is 57.7 Å². The number of hydrogen-bond donors (Lipinski definition) is 0. The lowest BCUT2D eigenvalue weighted by atomic mass is 9.74. The normalized spacial score (nSPS) is 23.1. The summed E-state index contributed by atoms with van der Waals surface area (Å²) in [7, 11) is 0. The van der Waals surface area contributed by atoms with Gasteiger partial charge in [-0.1, -0.05) is 24.5 Å². The van der Waals surface area contributed by atoms with Crippen LogP contribution >= 0.6 is 0 Å². The molecule has 1 unspecified atom stereocenters. The second kappa shape index (κ2) is 9.95. The minimum Gasteiger partial charge on any atom is -0.432 e. The fourth-order valence-corrected chi connectivity index (χ4v) is 5.09. The SMILES string of the molecule is CC1CC=C(C2CCC(C(F)(F)Oc3cc(F)c4c(F)c(C#CC(F)(F)F)c(F)cc4c3)CC2)CC1. The van der Waals surface area contributed by atoms with Gasteiger partial charge in [0.25, 0.3) is 0 Å². The molecule has 2 aromatic carbocycles. The molecule has 0 amide bonds. The summed E-state index contributed by atoms with van der Waals surface area (Å²) in [4.78, 5) is 0. The molecular weight excluding hydrogens is 492 g/mol. The van der Waals surface area contributed by atoms with E-state index in [1.807, 2.05) is 0 Å². The molecule has 36 heavy (non-hydrogen) atoms. The molecule has 1 saturated carbocycles. The van der Waals surface area contributed by atoms with E-state index >= 15 is 0 Å². The van der Waals surface area contributed by atoms with Crippen molar-refractivity contribution in [3.8, 4) is 17.6 Å². The van der Waals surface area contributed by atoms with E-state index in [1.54, 1.807) is 0 Å². The van der Waals surface area contributed by atoms with Gasteiger partial charge in [0.15, 0.2) is 5.82 Å². The second-order valence-corrected chi connectivity index (χ2v) is 9.67. The van der Waals surface area contributed by atoms with Crippen molar-refractivity contribution < 1.29 is 39.9 Å². The zero-order valence-corrected chi connectivity index (χ0v) is 19.4. The fourth-order valence-electron chi connectivity index (χ4n) is 5.09. The average Bonchev–Trinajstić information content (AvgIpc) is 2.78. The Morgan fingerprint density at radius 2 is 1.58 bits per heavy atom. The lowest BCUT2D eigenvalue weighted by Gasteiger charge is -2.35. The Labute approximate surface area is 203 Å². The topological polar surface area (TPSA) is 9.23 Å². The summed E-state index contributed by atoms with van der Waals surface area (Å²) in [6, 6.07) is 1.88. The molecule has 0 aliphatic heterocycles. The number of halogens is 8. The maximum atomic E-state index is 15.0. The van der Waals surface area contributed by atoms with E-state index in [2.05, 4.69) is 13.0 Å². The highest BCUT2D eigenvalue weighted by molar-refractivity contribution is 5.87. The maximum Gasteiger partial charge on any atom is 0.458 e. The quantitative estimate of drug-likeness (QED) is 0.224. The van der Waals surface area contributed by atoms with Gasteiger partial charge in [-0.3, -0.25) is 0 Å². The van der Waals surface area contributed by atoms with Crippen molar-refractivity contribution in [3.63, 3.8) is 0 Å². The zero-order valence-electron chi connectivity index (χ0n) is 19.4. The molecule has 0 radical (unpaired) electrons. The van der Waals surface area contributed by atoms with Crippen LogP contribution in [0.2, 0.25) is 0 Å². The third-order valence-corrected chi connectivity index (χ3v) is 7.07. The predicted molar refractivity (Wildman–Crippen MR) is 119 cm³/mol. The molecule has 194 valence electrons. The average molecular weight is 516 g/mol. The lowest BCUT2D eigenvalue weighted by Crippen LogP contribution is -2.37. The van der Waals surface area contributed by atoms with Crippen LogP contribution in [0.25, 0.3) is 10.8 Å². The number of ether oxygens (including phenoxy) is 1. The Bertz CT molecular complexity index is 1230. The van der Waals surface area contributed by atoms with Gasteiger partial charge in [-0.15, -0.1) is 0 Å². The third-order valence-electron chi connectivity index (χ3n) is 7.07. The Morgan fingerprint density at radius 1 is 0.889 bits per heavy atom. The number of allylic oxidation sites excluding steroid dienone is 2. The standard InChI is InChI=1S/C27H24F8O/c1-15-2-4-16(5-3-15)17-6-8-19(9-7-17)27(34,35)36-20-12-18-13-22(28)21(10-11-26(31,32)33)25(30)24(18)23(29)14-20/h4,12-15,17,19H,2-3,5-9H2,1H3. The van der Waals surface area contributed by atoms with Crippen LogP contribution in [0, 0.1) is 47.0 Å². The highest BCUT2D eigenvalue weighted by Crippen LogP contribution is 2.44. The number of rotatable bonds is 4. The summed E-state index contributed by atoms with van der Waals surface area (Å²) >= 11 is 0. The van der Waals surface area contributed by atoms with Gasteiger partial charge < -0.3 is 4.74 Å². The van der Waals surface area contributed by atoms with Crippen molar-refractivity contribution in [3.05, 3.63) is 52.9 Å². The highest BCUT2D eigenvalue weighted by atomic mass is 19.4. The first-order valence-electron chi connectivity index (χ1n) is 11.8. The van der Waals surface area contributed by atoms with E-state index in [1.165, 1.54) is 11.5 Å². The largest absolute Gasteiger partial charge is 0.458 e. The summed E-state index contributed by atoms with van der Waals surface area (Å²) in [5, 5.41) is -1.34. The minimum atomic E-state index is -5.01. The van der Waals surface area contributed by atoms with E-state index in [0.717, 1.165) is 31.2 Å². The number of benzene rings is 2. The van der Waals surface area contributed by atoms with Crippen LogP contribution in [-0.4, -0.2) is 12.3 Å². The van der Waals surface area contributed by atoms with Crippen molar-refractivity contribution in [1.29, 1.82) is 0 Å². The van der Waals surface area contributed by atoms with Gasteiger partial charge in [-0.2, -0.15) is 22.0 Å². The van der Waals surface area contributed by atoms with Gasteiger partial charge in [0, 0.05) is 12.0 Å². The summed E-state index contributed by atoms with van der Waals surface area (Å²) in [6.45, 7) is 2.18. The van der Waals surface area contributed by atoms with Crippen molar-refractivity contribution in [1.82, 2.24) is 0 Å². The van der Waals surface area contributed by atoms with E-state index in [0.29, 0.717) is 30.9 Å². The summed E-state index contributed by atoms with van der Waals surface area (Å²) < 4.78 is 115. The Kier molecular flexibility index (Phi) is 7.27. The molecule has 1 atom stereocenters. The Balaban J connectivity index is 1.52. The molecule has 2 aliphatic rings. The molecule has 0 aromatic heterocycles. The molecule has 1 nitrogen and oxygen atoms in total. The van der Waals surface area contributed by atoms with Crippen LogP contribution < -0.4 is 4.74 Å². The van der Waals surface area contributed by atoms with Crippen LogP contribution in [0.5, 0.6) is 5.75 Å². The first-order chi connectivity index (χ1) is 16.8. The van der Waals surface area contributed by atoms with Gasteiger partial charge in [-0.25, -0.2) is 13.2 Å². The van der Waals surface area contributed by atoms with Crippen LogP contribution in [-0.2, 0) is 0 Å². The smallest absolute Gasteiger partial charge is 0.432 e. The lowest BCUT2D eigenvalue weighted by molar-refractivity contribution is -0.223. The van der Waals surface area contributed by atoms with Crippen molar-refractivity contribution in [2.24, 2.45) is 17.8 Å². The summed E-state index contributed by atoms with van der Waals surface area (Å²) in [6.07, 6.45) is -1.74. The third kappa shape index (κ3) is 5.79. The summed E-state index contributed by atoms with van der Waals surface area (Å²) in [5.74, 6) is -3.31. The molecule has 0 N–H and O–H groups in total. The van der Waals surface area contributed by atoms with Crippen LogP contribution in [0.1, 0.15) is 57.4 Å². The van der Waals surface area contributed by atoms with Gasteiger partial charge in [0.05, 0.1) is 16.9 Å². The molecular formula is C27H24F8O. The van der Waals surface area contributed by atoms with Gasteiger partial charge in [0.1, 0.15) is 17.4 Å². The van der Waals surface area contributed by atoms with Crippen LogP contribution in [0.15, 0.2) is 29.8 Å². The van der Waals surface area contributed by atoms with Crippen molar-refractivity contribution >= 4 is 10.8 Å². The van der Waals surface area contributed by atoms with Gasteiger partial charge >= 0.3 is 12.3 Å². The Morgan fingerprint density at radius 3 is 2.19 bits per heavy atom. The number of fused-ring (bicyclic) bond motifs is 1. The molecule has 4 rings (SSSR count). The zero-order chi connectivity index (χ0) is 26.3. The monoisotopic (exact) mass is 516 g/mol. The molecule has 0 saturated heterocycles. The highest BCUT2D eigenvalue weighted by Gasteiger charge is 2.44. The van der Waals surface area contributed by atoms with Gasteiger partial charge in [0.2, 0.25) is 0 Å². The number of hydrogen-bond acceptors (Lipinski definition) is 1. The summed E-state index contributed by atoms with van der Waals surface area (Å²) in [5.41, 5.74) is 0.0627. The van der Waals surface area contributed by atoms with Crippen LogP contribution in [0.4, 0.5) is 35.1 Å². The second-order valence-electron chi connectivity index (χ2n) is 9.67. The maximum absolute atomic E-state index is 15.0. The van der Waals surface area contributed by atoms with E-state index in [9.17, 15) is 35.1 Å². The molecule has 9 heteroatoms. The minimum absolute atomic E-state index is 0.213. The first-order valence-corrected chi connectivity index (χ1v) is 11.8. The first kappa shape index (κ1) is 26.3. The number of alkyl halides is 5. The molecule has 0 spiro atoms. The van der Waals surface area contributed by atoms with Crippen molar-refractivity contribution in [2.45, 2.75) is 64.2 Å². The van der Waals surface area contributed by atoms with Crippen molar-refractivity contribution in [2.75, 3.05) is 0 Å². The predicted octanol–water partition coefficient (Wildman–Crippen LogP) is 8.70. The Hall–Kier alpha value is -2.76. The van der Waals surface area contributed by atoms with Gasteiger partial charge in [-0.05, 0) is 74.3 Å². The molecule has 1 fully saturated rings.